The molecule has 1 N–H and O–H groups in total. The molecule has 206 valence electrons. The van der Waals surface area contributed by atoms with Crippen LogP contribution in [0.25, 0.3) is 17.2 Å². The summed E-state index contributed by atoms with van der Waals surface area (Å²) >= 11 is 1.23. The molecule has 0 atom stereocenters. The Morgan fingerprint density at radius 2 is 1.85 bits per heavy atom. The number of thiophene rings is 1. The van der Waals surface area contributed by atoms with Crippen molar-refractivity contribution >= 4 is 40.0 Å². The highest BCUT2D eigenvalue weighted by atomic mass is 32.1. The normalized spacial score (nSPS) is 11.0. The highest BCUT2D eigenvalue weighted by molar-refractivity contribution is 7.17. The second-order valence-corrected chi connectivity index (χ2v) is 10.3. The van der Waals surface area contributed by atoms with Gasteiger partial charge in [0.1, 0.15) is 10.6 Å². The van der Waals surface area contributed by atoms with E-state index < -0.39 is 16.8 Å². The monoisotopic (exact) mass is 552 g/mol. The van der Waals surface area contributed by atoms with Crippen LogP contribution in [0.1, 0.15) is 48.0 Å². The number of carbonyl (C=O) groups is 2. The first-order valence-electron chi connectivity index (χ1n) is 12.5. The number of nitrogens with zero attached hydrogens (tertiary/aromatic N) is 1. The first-order valence-corrected chi connectivity index (χ1v) is 13.3. The zero-order chi connectivity index (χ0) is 28.5. The molecule has 0 fully saturated rings. The standard InChI is InChI=1S/C29H32N2O7S/c1-6-37-29(33)27-26(21-9-11-22(12-10-21)31(34)35)19(4)39-28(27)30-25(32)14-8-20-7-13-23(24(17-20)36-5)38-16-15-18(2)3/h7-14,17-18H,6,15-16H2,1-5H3,(H,30,32)/b14-8+. The summed E-state index contributed by atoms with van der Waals surface area (Å²) in [4.78, 5) is 37.1. The van der Waals surface area contributed by atoms with Gasteiger partial charge in [-0.15, -0.1) is 11.3 Å². The van der Waals surface area contributed by atoms with Crippen molar-refractivity contribution in [3.05, 3.63) is 74.7 Å². The Morgan fingerprint density at radius 3 is 2.46 bits per heavy atom. The van der Waals surface area contributed by atoms with Crippen LogP contribution in [-0.2, 0) is 9.53 Å². The Hall–Kier alpha value is -4.18. The third-order valence-corrected chi connectivity index (χ3v) is 6.76. The van der Waals surface area contributed by atoms with E-state index in [0.29, 0.717) is 40.2 Å². The van der Waals surface area contributed by atoms with Crippen molar-refractivity contribution in [2.24, 2.45) is 5.92 Å². The van der Waals surface area contributed by atoms with E-state index in [1.54, 1.807) is 44.4 Å². The molecule has 1 amide bonds. The number of aryl methyl sites for hydroxylation is 1. The molecule has 0 aliphatic heterocycles. The molecule has 0 bridgehead atoms. The van der Waals surface area contributed by atoms with Crippen LogP contribution < -0.4 is 14.8 Å². The van der Waals surface area contributed by atoms with Crippen LogP contribution >= 0.6 is 11.3 Å². The largest absolute Gasteiger partial charge is 0.493 e. The van der Waals surface area contributed by atoms with Gasteiger partial charge in [-0.25, -0.2) is 4.79 Å². The number of rotatable bonds is 12. The van der Waals surface area contributed by atoms with E-state index in [1.807, 2.05) is 13.0 Å². The molecule has 10 heteroatoms. The molecule has 0 aliphatic rings. The highest BCUT2D eigenvalue weighted by Gasteiger charge is 2.25. The van der Waals surface area contributed by atoms with E-state index in [9.17, 15) is 19.7 Å². The zero-order valence-electron chi connectivity index (χ0n) is 22.6. The quantitative estimate of drug-likeness (QED) is 0.112. The number of benzene rings is 2. The number of nitro groups is 1. The van der Waals surface area contributed by atoms with Crippen molar-refractivity contribution in [3.8, 4) is 22.6 Å². The minimum Gasteiger partial charge on any atom is -0.493 e. The SMILES string of the molecule is CCOC(=O)c1c(NC(=O)/C=C/c2ccc(OCCC(C)C)c(OC)c2)sc(C)c1-c1ccc([N+](=O)[O-])cc1. The summed E-state index contributed by atoms with van der Waals surface area (Å²) in [5.41, 5.74) is 2.05. The van der Waals surface area contributed by atoms with Crippen LogP contribution in [0.4, 0.5) is 10.7 Å². The number of hydrogen-bond acceptors (Lipinski definition) is 8. The number of carbonyl (C=O) groups excluding carboxylic acids is 2. The molecular formula is C29H32N2O7S. The first-order chi connectivity index (χ1) is 18.6. The summed E-state index contributed by atoms with van der Waals surface area (Å²) in [5.74, 6) is 0.693. The number of amides is 1. The summed E-state index contributed by atoms with van der Waals surface area (Å²) in [6.45, 7) is 8.49. The van der Waals surface area contributed by atoms with E-state index in [4.69, 9.17) is 14.2 Å². The summed E-state index contributed by atoms with van der Waals surface area (Å²) < 4.78 is 16.5. The fourth-order valence-electron chi connectivity index (χ4n) is 3.77. The zero-order valence-corrected chi connectivity index (χ0v) is 23.4. The lowest BCUT2D eigenvalue weighted by atomic mass is 10.0. The van der Waals surface area contributed by atoms with E-state index in [-0.39, 0.29) is 17.9 Å². The Morgan fingerprint density at radius 1 is 1.13 bits per heavy atom. The molecule has 0 spiro atoms. The topological polar surface area (TPSA) is 117 Å². The molecule has 2 aromatic carbocycles. The molecule has 3 rings (SSSR count). The van der Waals surface area contributed by atoms with Crippen LogP contribution in [-0.4, -0.2) is 37.1 Å². The summed E-state index contributed by atoms with van der Waals surface area (Å²) in [7, 11) is 1.56. The van der Waals surface area contributed by atoms with Gasteiger partial charge >= 0.3 is 5.97 Å². The number of hydrogen-bond donors (Lipinski definition) is 1. The number of ether oxygens (including phenoxy) is 3. The van der Waals surface area contributed by atoms with Gasteiger partial charge in [0.25, 0.3) is 5.69 Å². The van der Waals surface area contributed by atoms with Crippen molar-refractivity contribution in [2.45, 2.75) is 34.1 Å². The lowest BCUT2D eigenvalue weighted by molar-refractivity contribution is -0.384. The van der Waals surface area contributed by atoms with Gasteiger partial charge in [-0.1, -0.05) is 19.9 Å². The van der Waals surface area contributed by atoms with Gasteiger partial charge in [0.15, 0.2) is 11.5 Å². The average molecular weight is 553 g/mol. The molecule has 9 nitrogen and oxygen atoms in total. The first kappa shape index (κ1) is 29.4. The van der Waals surface area contributed by atoms with Gasteiger partial charge in [0.2, 0.25) is 5.91 Å². The summed E-state index contributed by atoms with van der Waals surface area (Å²) in [6, 6.07) is 11.3. The fraction of sp³-hybridized carbons (Fsp3) is 0.310. The van der Waals surface area contributed by atoms with Crippen molar-refractivity contribution in [1.29, 1.82) is 0 Å². The maximum Gasteiger partial charge on any atom is 0.341 e. The van der Waals surface area contributed by atoms with E-state index in [2.05, 4.69) is 19.2 Å². The predicted octanol–water partition coefficient (Wildman–Crippen LogP) is 6.89. The number of nitrogens with one attached hydrogen (secondary N) is 1. The number of nitro benzene ring substituents is 1. The van der Waals surface area contributed by atoms with Gasteiger partial charge in [-0.05, 0) is 67.7 Å². The van der Waals surface area contributed by atoms with Crippen molar-refractivity contribution in [1.82, 2.24) is 0 Å². The van der Waals surface area contributed by atoms with E-state index in [0.717, 1.165) is 16.9 Å². The molecule has 0 saturated carbocycles. The van der Waals surface area contributed by atoms with Crippen molar-refractivity contribution in [2.75, 3.05) is 25.6 Å². The second-order valence-electron chi connectivity index (χ2n) is 9.03. The molecule has 0 radical (unpaired) electrons. The van der Waals surface area contributed by atoms with Crippen LogP contribution in [0, 0.1) is 23.0 Å². The van der Waals surface area contributed by atoms with E-state index in [1.165, 1.54) is 29.5 Å². The van der Waals surface area contributed by atoms with Crippen LogP contribution in [0.3, 0.4) is 0 Å². The number of esters is 1. The van der Waals surface area contributed by atoms with Crippen molar-refractivity contribution in [3.63, 3.8) is 0 Å². The van der Waals surface area contributed by atoms with Gasteiger partial charge in [-0.3, -0.25) is 14.9 Å². The smallest absolute Gasteiger partial charge is 0.341 e. The predicted molar refractivity (Wildman–Crippen MR) is 153 cm³/mol. The molecule has 3 aromatic rings. The molecule has 39 heavy (non-hydrogen) atoms. The van der Waals surface area contributed by atoms with E-state index >= 15 is 0 Å². The minimum absolute atomic E-state index is 0.0604. The number of non-ortho nitro benzene ring substituents is 1. The fourth-order valence-corrected chi connectivity index (χ4v) is 4.83. The molecule has 1 aromatic heterocycles. The van der Waals surface area contributed by atoms with Gasteiger partial charge < -0.3 is 19.5 Å². The Labute approximate surface area is 231 Å². The Kier molecular flexibility index (Phi) is 10.2. The van der Waals surface area contributed by atoms with Crippen molar-refractivity contribution < 1.29 is 28.7 Å². The summed E-state index contributed by atoms with van der Waals surface area (Å²) in [6.07, 6.45) is 3.92. The maximum atomic E-state index is 12.9. The molecular weight excluding hydrogens is 520 g/mol. The molecule has 1 heterocycles. The van der Waals surface area contributed by atoms with Gasteiger partial charge in [0, 0.05) is 28.6 Å². The molecule has 0 saturated heterocycles. The van der Waals surface area contributed by atoms with Gasteiger partial charge in [-0.2, -0.15) is 0 Å². The molecule has 0 aliphatic carbocycles. The van der Waals surface area contributed by atoms with Crippen LogP contribution in [0.2, 0.25) is 0 Å². The van der Waals surface area contributed by atoms with Gasteiger partial charge in [0.05, 0.1) is 25.2 Å². The van der Waals surface area contributed by atoms with Crippen LogP contribution in [0.5, 0.6) is 11.5 Å². The average Bonchev–Trinajstić information content (AvgIpc) is 3.23. The van der Waals surface area contributed by atoms with Crippen LogP contribution in [0.15, 0.2) is 48.5 Å². The third-order valence-electron chi connectivity index (χ3n) is 5.73. The second kappa shape index (κ2) is 13.6. The molecule has 0 unspecified atom stereocenters. The lowest BCUT2D eigenvalue weighted by Crippen LogP contribution is -2.12. The lowest BCUT2D eigenvalue weighted by Gasteiger charge is -2.12. The summed E-state index contributed by atoms with van der Waals surface area (Å²) in [5, 5.41) is 14.2. The number of anilines is 1. The maximum absolute atomic E-state index is 12.9. The number of methoxy groups -OCH3 is 1. The third kappa shape index (κ3) is 7.67. The highest BCUT2D eigenvalue weighted by Crippen LogP contribution is 2.41. The Bertz CT molecular complexity index is 1360. The Balaban J connectivity index is 1.83. The minimum atomic E-state index is -0.590.